The summed E-state index contributed by atoms with van der Waals surface area (Å²) in [5, 5.41) is 15.6. The van der Waals surface area contributed by atoms with Gasteiger partial charge in [-0.25, -0.2) is 13.9 Å². The highest BCUT2D eigenvalue weighted by atomic mass is 19.1. The summed E-state index contributed by atoms with van der Waals surface area (Å²) in [7, 11) is 0. The van der Waals surface area contributed by atoms with Crippen LogP contribution in [0.15, 0.2) is 36.5 Å². The monoisotopic (exact) mass is 279 g/mol. The van der Waals surface area contributed by atoms with Gasteiger partial charge in [0, 0.05) is 0 Å². The van der Waals surface area contributed by atoms with Crippen LogP contribution < -0.4 is 0 Å². The van der Waals surface area contributed by atoms with Crippen molar-refractivity contribution in [2.75, 3.05) is 6.61 Å². The molecule has 1 atom stereocenters. The van der Waals surface area contributed by atoms with Crippen LogP contribution in [0.4, 0.5) is 4.39 Å². The maximum Gasteiger partial charge on any atom is 0.358 e. The molecule has 0 aliphatic carbocycles. The number of rotatable bonds is 7. The predicted octanol–water partition coefficient (Wildman–Crippen LogP) is 1.53. The van der Waals surface area contributed by atoms with Crippen LogP contribution in [0, 0.1) is 0 Å². The standard InChI is InChI=1S/C13H14FN3O3/c14-11(6-17-7-12(13(18)19)15-16-17)9-20-8-10-4-2-1-3-5-10/h1-5,7,11H,6,8-9H2,(H,18,19)/t11-/m0/s1. The second kappa shape index (κ2) is 6.76. The first kappa shape index (κ1) is 14.1. The van der Waals surface area contributed by atoms with E-state index < -0.39 is 12.1 Å². The van der Waals surface area contributed by atoms with E-state index in [1.54, 1.807) is 0 Å². The quantitative estimate of drug-likeness (QED) is 0.831. The third-order valence-electron chi connectivity index (χ3n) is 2.55. The van der Waals surface area contributed by atoms with Gasteiger partial charge in [-0.2, -0.15) is 0 Å². The van der Waals surface area contributed by atoms with Gasteiger partial charge in [-0.1, -0.05) is 35.5 Å². The number of aromatic carboxylic acids is 1. The molecule has 6 nitrogen and oxygen atoms in total. The summed E-state index contributed by atoms with van der Waals surface area (Å²) in [5.74, 6) is -1.19. The zero-order valence-electron chi connectivity index (χ0n) is 10.6. The first-order valence-electron chi connectivity index (χ1n) is 6.04. The normalized spacial score (nSPS) is 12.2. The topological polar surface area (TPSA) is 77.2 Å². The Balaban J connectivity index is 1.74. The van der Waals surface area contributed by atoms with Crippen LogP contribution >= 0.6 is 0 Å². The highest BCUT2D eigenvalue weighted by Crippen LogP contribution is 2.04. The molecule has 0 radical (unpaired) electrons. The molecule has 0 aliphatic heterocycles. The van der Waals surface area contributed by atoms with Crippen LogP contribution in [0.3, 0.4) is 0 Å². The molecule has 0 saturated carbocycles. The lowest BCUT2D eigenvalue weighted by Crippen LogP contribution is -2.18. The summed E-state index contributed by atoms with van der Waals surface area (Å²) in [6.07, 6.45) is -0.0893. The molecule has 2 rings (SSSR count). The molecule has 1 aromatic heterocycles. The molecule has 0 spiro atoms. The minimum absolute atomic E-state index is 0.0862. The minimum Gasteiger partial charge on any atom is -0.476 e. The van der Waals surface area contributed by atoms with Gasteiger partial charge < -0.3 is 9.84 Å². The fourth-order valence-electron chi connectivity index (χ4n) is 1.62. The maximum atomic E-state index is 13.6. The fraction of sp³-hybridized carbons (Fsp3) is 0.308. The van der Waals surface area contributed by atoms with Crippen molar-refractivity contribution in [3.05, 3.63) is 47.8 Å². The number of aromatic nitrogens is 3. The highest BCUT2D eigenvalue weighted by molar-refractivity contribution is 5.84. The van der Waals surface area contributed by atoms with Crippen molar-refractivity contribution in [3.8, 4) is 0 Å². The minimum atomic E-state index is -1.28. The van der Waals surface area contributed by atoms with E-state index in [0.717, 1.165) is 10.2 Å². The van der Waals surface area contributed by atoms with Crippen molar-refractivity contribution < 1.29 is 19.0 Å². The zero-order valence-corrected chi connectivity index (χ0v) is 10.6. The number of carbonyl (C=O) groups is 1. The molecule has 0 amide bonds. The number of carboxylic acid groups (broad SMARTS) is 1. The second-order valence-corrected chi connectivity index (χ2v) is 4.23. The zero-order chi connectivity index (χ0) is 14.4. The summed E-state index contributed by atoms with van der Waals surface area (Å²) in [6, 6.07) is 9.45. The van der Waals surface area contributed by atoms with Crippen LogP contribution in [0.1, 0.15) is 16.1 Å². The van der Waals surface area contributed by atoms with Crippen molar-refractivity contribution in [3.63, 3.8) is 0 Å². The molecular formula is C13H14FN3O3. The molecule has 1 heterocycles. The number of nitrogens with zero attached hydrogens (tertiary/aromatic N) is 3. The van der Waals surface area contributed by atoms with Crippen LogP contribution in [-0.2, 0) is 17.9 Å². The molecule has 1 N–H and O–H groups in total. The second-order valence-electron chi connectivity index (χ2n) is 4.23. The third kappa shape index (κ3) is 4.13. The summed E-state index contributed by atoms with van der Waals surface area (Å²) in [4.78, 5) is 10.6. The van der Waals surface area contributed by atoms with E-state index in [9.17, 15) is 9.18 Å². The number of ether oxygens (including phenoxy) is 1. The molecule has 20 heavy (non-hydrogen) atoms. The van der Waals surface area contributed by atoms with E-state index in [2.05, 4.69) is 10.3 Å². The average molecular weight is 279 g/mol. The number of hydrogen-bond donors (Lipinski definition) is 1. The average Bonchev–Trinajstić information content (AvgIpc) is 2.88. The molecule has 0 fully saturated rings. The number of halogens is 1. The van der Waals surface area contributed by atoms with Crippen LogP contribution in [-0.4, -0.2) is 38.8 Å². The Morgan fingerprint density at radius 3 is 2.80 bits per heavy atom. The van der Waals surface area contributed by atoms with Crippen molar-refractivity contribution in [2.45, 2.75) is 19.3 Å². The highest BCUT2D eigenvalue weighted by Gasteiger charge is 2.12. The van der Waals surface area contributed by atoms with Gasteiger partial charge >= 0.3 is 5.97 Å². The van der Waals surface area contributed by atoms with Gasteiger partial charge in [0.05, 0.1) is 26.0 Å². The molecular weight excluding hydrogens is 265 g/mol. The predicted molar refractivity (Wildman–Crippen MR) is 68.0 cm³/mol. The van der Waals surface area contributed by atoms with Gasteiger partial charge in [0.25, 0.3) is 0 Å². The van der Waals surface area contributed by atoms with Gasteiger partial charge in [-0.05, 0) is 5.56 Å². The molecule has 0 aliphatic rings. The van der Waals surface area contributed by atoms with Gasteiger partial charge in [-0.3, -0.25) is 0 Å². The molecule has 0 unspecified atom stereocenters. The Bertz CT molecular complexity index is 559. The van der Waals surface area contributed by atoms with E-state index in [0.29, 0.717) is 6.61 Å². The Hall–Kier alpha value is -2.28. The smallest absolute Gasteiger partial charge is 0.358 e. The molecule has 106 valence electrons. The van der Waals surface area contributed by atoms with Crippen LogP contribution in [0.5, 0.6) is 0 Å². The van der Waals surface area contributed by atoms with Crippen molar-refractivity contribution in [2.24, 2.45) is 0 Å². The SMILES string of the molecule is O=C(O)c1cn(C[C@H](F)COCc2ccccc2)nn1. The van der Waals surface area contributed by atoms with E-state index in [1.807, 2.05) is 30.3 Å². The summed E-state index contributed by atoms with van der Waals surface area (Å²) < 4.78 is 20.0. The van der Waals surface area contributed by atoms with Gasteiger partial charge in [-0.15, -0.1) is 5.10 Å². The molecule has 7 heteroatoms. The molecule has 0 saturated heterocycles. The Labute approximate surface area is 114 Å². The number of benzene rings is 1. The van der Waals surface area contributed by atoms with Crippen LogP contribution in [0.25, 0.3) is 0 Å². The maximum absolute atomic E-state index is 13.6. The first-order valence-corrected chi connectivity index (χ1v) is 6.04. The van der Waals surface area contributed by atoms with Crippen molar-refractivity contribution in [1.82, 2.24) is 15.0 Å². The van der Waals surface area contributed by atoms with E-state index >= 15 is 0 Å². The van der Waals surface area contributed by atoms with Crippen molar-refractivity contribution in [1.29, 1.82) is 0 Å². The van der Waals surface area contributed by atoms with Gasteiger partial charge in [0.2, 0.25) is 0 Å². The summed E-state index contributed by atoms with van der Waals surface area (Å²) in [5.41, 5.74) is 0.760. The molecule has 2 aromatic rings. The summed E-state index contributed by atoms with van der Waals surface area (Å²) >= 11 is 0. The Morgan fingerprint density at radius 1 is 1.40 bits per heavy atom. The largest absolute Gasteiger partial charge is 0.476 e. The number of carboxylic acids is 1. The molecule has 0 bridgehead atoms. The Kier molecular flexibility index (Phi) is 4.78. The van der Waals surface area contributed by atoms with E-state index in [1.165, 1.54) is 6.20 Å². The van der Waals surface area contributed by atoms with E-state index in [-0.39, 0.29) is 18.8 Å². The van der Waals surface area contributed by atoms with Gasteiger partial charge in [0.1, 0.15) is 6.17 Å². The summed E-state index contributed by atoms with van der Waals surface area (Å²) in [6.45, 7) is 0.158. The number of alkyl halides is 1. The third-order valence-corrected chi connectivity index (χ3v) is 2.55. The first-order chi connectivity index (χ1) is 9.65. The molecule has 1 aromatic carbocycles. The lowest BCUT2D eigenvalue weighted by molar-refractivity contribution is 0.0614. The number of hydrogen-bond acceptors (Lipinski definition) is 4. The van der Waals surface area contributed by atoms with Crippen LogP contribution in [0.2, 0.25) is 0 Å². The lowest BCUT2D eigenvalue weighted by atomic mass is 10.2. The Morgan fingerprint density at radius 2 is 2.15 bits per heavy atom. The van der Waals surface area contributed by atoms with E-state index in [4.69, 9.17) is 9.84 Å². The van der Waals surface area contributed by atoms with Gasteiger partial charge in [0.15, 0.2) is 5.69 Å². The van der Waals surface area contributed by atoms with Crippen molar-refractivity contribution >= 4 is 5.97 Å². The lowest BCUT2D eigenvalue weighted by Gasteiger charge is -2.08. The fourth-order valence-corrected chi connectivity index (χ4v) is 1.62.